The maximum atomic E-state index is 12.4. The molecule has 40 heavy (non-hydrogen) atoms. The van der Waals surface area contributed by atoms with E-state index in [0.717, 1.165) is 22.3 Å². The number of nitrogens with zero attached hydrogens (tertiary/aromatic N) is 2. The molecule has 11 heteroatoms. The van der Waals surface area contributed by atoms with Crippen LogP contribution in [0, 0.1) is 0 Å². The van der Waals surface area contributed by atoms with Crippen molar-refractivity contribution in [1.82, 2.24) is 9.55 Å². The lowest BCUT2D eigenvalue weighted by molar-refractivity contribution is -0.274. The molecule has 0 unspecified atom stereocenters. The fourth-order valence-electron chi connectivity index (χ4n) is 4.01. The molecule has 4 aromatic rings. The Morgan fingerprint density at radius 2 is 1.65 bits per heavy atom. The summed E-state index contributed by atoms with van der Waals surface area (Å²) in [7, 11) is 3.50. The van der Waals surface area contributed by atoms with Crippen LogP contribution in [0.1, 0.15) is 30.3 Å². The van der Waals surface area contributed by atoms with E-state index in [4.69, 9.17) is 18.9 Å². The van der Waals surface area contributed by atoms with Crippen LogP contribution < -0.4 is 18.9 Å². The largest absolute Gasteiger partial charge is 0.573 e. The first kappa shape index (κ1) is 28.6. The van der Waals surface area contributed by atoms with Crippen molar-refractivity contribution in [3.8, 4) is 23.0 Å². The molecule has 4 rings (SSSR count). The minimum absolute atomic E-state index is 0.0781. The van der Waals surface area contributed by atoms with E-state index >= 15 is 0 Å². The molecule has 0 aliphatic carbocycles. The van der Waals surface area contributed by atoms with Crippen LogP contribution in [-0.2, 0) is 36.2 Å². The fourth-order valence-corrected chi connectivity index (χ4v) is 4.01. The van der Waals surface area contributed by atoms with Gasteiger partial charge in [0.2, 0.25) is 0 Å². The van der Waals surface area contributed by atoms with E-state index in [9.17, 15) is 18.0 Å². The van der Waals surface area contributed by atoms with E-state index < -0.39 is 6.36 Å². The Hall–Kier alpha value is -4.41. The maximum Gasteiger partial charge on any atom is 0.573 e. The van der Waals surface area contributed by atoms with E-state index in [0.29, 0.717) is 29.3 Å². The normalized spacial score (nSPS) is 11.3. The predicted molar refractivity (Wildman–Crippen MR) is 140 cm³/mol. The van der Waals surface area contributed by atoms with Crippen molar-refractivity contribution in [2.24, 2.45) is 7.05 Å². The van der Waals surface area contributed by atoms with Crippen molar-refractivity contribution in [2.75, 3.05) is 13.7 Å². The topological polar surface area (TPSA) is 81.0 Å². The second-order valence-corrected chi connectivity index (χ2v) is 8.79. The summed E-state index contributed by atoms with van der Waals surface area (Å²) in [5.74, 6) is 1.79. The van der Waals surface area contributed by atoms with Crippen LogP contribution >= 0.6 is 0 Å². The second-order valence-electron chi connectivity index (χ2n) is 8.79. The Balaban J connectivity index is 1.48. The predicted octanol–water partition coefficient (Wildman–Crippen LogP) is 6.13. The van der Waals surface area contributed by atoms with E-state index in [2.05, 4.69) is 9.72 Å². The molecule has 3 aromatic carbocycles. The molecule has 1 heterocycles. The molecule has 0 radical (unpaired) electrons. The fraction of sp³-hybridized carbons (Fsp3) is 0.310. The van der Waals surface area contributed by atoms with Crippen LogP contribution in [0.25, 0.3) is 11.0 Å². The molecule has 0 saturated carbocycles. The van der Waals surface area contributed by atoms with Gasteiger partial charge in [-0.3, -0.25) is 4.79 Å². The number of benzene rings is 3. The summed E-state index contributed by atoms with van der Waals surface area (Å²) < 4.78 is 65.6. The molecule has 0 aliphatic heterocycles. The first-order chi connectivity index (χ1) is 19.1. The molecule has 212 valence electrons. The molecule has 0 aliphatic rings. The van der Waals surface area contributed by atoms with Gasteiger partial charge in [0, 0.05) is 25.6 Å². The van der Waals surface area contributed by atoms with Gasteiger partial charge in [0.1, 0.15) is 42.0 Å². The minimum Gasteiger partial charge on any atom is -0.497 e. The van der Waals surface area contributed by atoms with Gasteiger partial charge in [0.15, 0.2) is 0 Å². The van der Waals surface area contributed by atoms with Crippen LogP contribution in [0.2, 0.25) is 0 Å². The number of carbonyl (C=O) groups excluding carboxylic acids is 1. The molecule has 0 spiro atoms. The van der Waals surface area contributed by atoms with Gasteiger partial charge in [-0.2, -0.15) is 0 Å². The lowest BCUT2D eigenvalue weighted by atomic mass is 10.1. The summed E-state index contributed by atoms with van der Waals surface area (Å²) in [6, 6.07) is 16.3. The molecule has 8 nitrogen and oxygen atoms in total. The Labute approximate surface area is 229 Å². The smallest absolute Gasteiger partial charge is 0.497 e. The molecule has 1 aromatic heterocycles. The minimum atomic E-state index is -4.76. The first-order valence-corrected chi connectivity index (χ1v) is 12.5. The zero-order valence-corrected chi connectivity index (χ0v) is 22.3. The SMILES string of the molecule is CCOC(=O)CCc1ccc(OCc2nc3ccc(OC)cc3n2C)cc1OCc1ccc(OC(F)(F)F)cc1. The molecule has 0 amide bonds. The highest BCUT2D eigenvalue weighted by Gasteiger charge is 2.31. The number of rotatable bonds is 12. The highest BCUT2D eigenvalue weighted by Crippen LogP contribution is 2.29. The second kappa shape index (κ2) is 12.6. The average Bonchev–Trinajstić information content (AvgIpc) is 3.24. The number of aromatic nitrogens is 2. The van der Waals surface area contributed by atoms with Crippen molar-refractivity contribution in [2.45, 2.75) is 39.3 Å². The van der Waals surface area contributed by atoms with Gasteiger partial charge in [-0.15, -0.1) is 13.2 Å². The lowest BCUT2D eigenvalue weighted by Gasteiger charge is -2.15. The van der Waals surface area contributed by atoms with E-state index in [1.165, 1.54) is 24.3 Å². The molecular formula is C29H29F3N2O6. The van der Waals surface area contributed by atoms with Gasteiger partial charge in [0.25, 0.3) is 0 Å². The van der Waals surface area contributed by atoms with E-state index in [-0.39, 0.29) is 38.0 Å². The van der Waals surface area contributed by atoms with Gasteiger partial charge >= 0.3 is 12.3 Å². The number of fused-ring (bicyclic) bond motifs is 1. The molecule has 0 bridgehead atoms. The Morgan fingerprint density at radius 3 is 2.35 bits per heavy atom. The number of hydrogen-bond acceptors (Lipinski definition) is 7. The monoisotopic (exact) mass is 558 g/mol. The van der Waals surface area contributed by atoms with Crippen LogP contribution in [0.3, 0.4) is 0 Å². The van der Waals surface area contributed by atoms with Gasteiger partial charge in [-0.25, -0.2) is 4.98 Å². The van der Waals surface area contributed by atoms with Gasteiger partial charge in [0.05, 0.1) is 24.8 Å². The van der Waals surface area contributed by atoms with Gasteiger partial charge < -0.3 is 28.3 Å². The van der Waals surface area contributed by atoms with Crippen LogP contribution in [0.15, 0.2) is 60.7 Å². The number of esters is 1. The number of halogens is 3. The molecule has 0 saturated heterocycles. The summed E-state index contributed by atoms with van der Waals surface area (Å²) >= 11 is 0. The number of ether oxygens (including phenoxy) is 5. The zero-order valence-electron chi connectivity index (χ0n) is 22.3. The third kappa shape index (κ3) is 7.58. The first-order valence-electron chi connectivity index (χ1n) is 12.5. The standard InChI is InChI=1S/C29H29F3N2O6/c1-4-37-28(35)14-8-20-7-11-23(38-18-27-33-24-13-12-22(36-3)15-25(24)34(27)2)16-26(20)39-17-19-5-9-21(10-6-19)40-29(30,31)32/h5-7,9-13,15-16H,4,8,14,17-18H2,1-3H3. The number of hydrogen-bond donors (Lipinski definition) is 0. The van der Waals surface area contributed by atoms with Crippen LogP contribution in [0.4, 0.5) is 13.2 Å². The van der Waals surface area contributed by atoms with Crippen LogP contribution in [-0.4, -0.2) is 35.6 Å². The van der Waals surface area contributed by atoms with Crippen LogP contribution in [0.5, 0.6) is 23.0 Å². The number of aryl methyl sites for hydroxylation is 2. The number of carbonyl (C=O) groups is 1. The van der Waals surface area contributed by atoms with Crippen molar-refractivity contribution in [3.05, 3.63) is 77.6 Å². The summed E-state index contributed by atoms with van der Waals surface area (Å²) in [6.45, 7) is 2.30. The molecular weight excluding hydrogens is 529 g/mol. The Bertz CT molecular complexity index is 1450. The molecule has 0 N–H and O–H groups in total. The van der Waals surface area contributed by atoms with Crippen molar-refractivity contribution in [1.29, 1.82) is 0 Å². The maximum absolute atomic E-state index is 12.4. The third-order valence-corrected chi connectivity index (χ3v) is 6.04. The van der Waals surface area contributed by atoms with E-state index in [1.54, 1.807) is 26.2 Å². The van der Waals surface area contributed by atoms with Crippen molar-refractivity contribution in [3.63, 3.8) is 0 Å². The molecule has 0 atom stereocenters. The average molecular weight is 559 g/mol. The van der Waals surface area contributed by atoms with Gasteiger partial charge in [-0.05, 0) is 54.8 Å². The summed E-state index contributed by atoms with van der Waals surface area (Å²) in [5.41, 5.74) is 3.11. The third-order valence-electron chi connectivity index (χ3n) is 6.04. The zero-order chi connectivity index (χ0) is 28.7. The number of imidazole rings is 1. The number of methoxy groups -OCH3 is 1. The van der Waals surface area contributed by atoms with Crippen molar-refractivity contribution < 1.29 is 41.7 Å². The molecule has 0 fully saturated rings. The number of alkyl halides is 3. The summed E-state index contributed by atoms with van der Waals surface area (Å²) in [5, 5.41) is 0. The Morgan fingerprint density at radius 1 is 0.925 bits per heavy atom. The quantitative estimate of drug-likeness (QED) is 0.193. The van der Waals surface area contributed by atoms with Gasteiger partial charge in [-0.1, -0.05) is 18.2 Å². The van der Waals surface area contributed by atoms with Crippen molar-refractivity contribution >= 4 is 17.0 Å². The Kier molecular flexibility index (Phi) is 9.03. The highest BCUT2D eigenvalue weighted by atomic mass is 19.4. The van der Waals surface area contributed by atoms with E-state index in [1.807, 2.05) is 35.9 Å². The lowest BCUT2D eigenvalue weighted by Crippen LogP contribution is -2.17. The summed E-state index contributed by atoms with van der Waals surface area (Å²) in [6.07, 6.45) is -4.22. The highest BCUT2D eigenvalue weighted by molar-refractivity contribution is 5.77. The summed E-state index contributed by atoms with van der Waals surface area (Å²) in [4.78, 5) is 16.5.